The number of rotatable bonds is 6. The molecule has 0 aliphatic heterocycles. The van der Waals surface area contributed by atoms with E-state index in [9.17, 15) is 0 Å². The molecule has 0 bridgehead atoms. The van der Waals surface area contributed by atoms with E-state index < -0.39 is 0 Å². The largest absolute Gasteiger partial charge is 0.228 e. The highest BCUT2D eigenvalue weighted by molar-refractivity contribution is 6.06. The van der Waals surface area contributed by atoms with Crippen molar-refractivity contribution in [3.8, 4) is 78.4 Å². The van der Waals surface area contributed by atoms with Crippen LogP contribution in [0.1, 0.15) is 25.0 Å². The maximum Gasteiger partial charge on any atom is 0.160 e. The van der Waals surface area contributed by atoms with E-state index >= 15 is 0 Å². The van der Waals surface area contributed by atoms with E-state index in [-0.39, 0.29) is 5.41 Å². The molecule has 0 atom stereocenters. The molecule has 0 fully saturated rings. The standard InChI is InChI=1S/C57H40N2/c1-57(2)52-35-41(27-28-49(52)51-29-26-39-20-12-13-23-46(39)55(51)57)45-30-31-50(48-25-15-14-24-47(45)48)54-36-53(58-56(59-54)40-21-10-5-11-22-40)44-33-42(37-16-6-3-7-17-37)32-43(34-44)38-18-8-4-9-19-38/h3-36H,1-2H3. The first-order valence-electron chi connectivity index (χ1n) is 20.4. The van der Waals surface area contributed by atoms with Crippen LogP contribution in [0, 0.1) is 0 Å². The molecular formula is C57H40N2. The Morgan fingerprint density at radius 1 is 0.322 bits per heavy atom. The van der Waals surface area contributed by atoms with Crippen molar-refractivity contribution in [2.75, 3.05) is 0 Å². The van der Waals surface area contributed by atoms with E-state index in [0.29, 0.717) is 5.82 Å². The molecule has 0 saturated heterocycles. The second kappa shape index (κ2) is 13.9. The lowest BCUT2D eigenvalue weighted by Gasteiger charge is -2.24. The van der Waals surface area contributed by atoms with Gasteiger partial charge in [0.25, 0.3) is 0 Å². The molecule has 1 aliphatic rings. The van der Waals surface area contributed by atoms with Crippen molar-refractivity contribution in [1.82, 2.24) is 9.97 Å². The van der Waals surface area contributed by atoms with Gasteiger partial charge in [-0.05, 0) is 108 Å². The molecule has 0 radical (unpaired) electrons. The zero-order valence-electron chi connectivity index (χ0n) is 33.0. The minimum atomic E-state index is -0.138. The Morgan fingerprint density at radius 2 is 0.831 bits per heavy atom. The van der Waals surface area contributed by atoms with Gasteiger partial charge < -0.3 is 0 Å². The van der Waals surface area contributed by atoms with Crippen molar-refractivity contribution in [3.63, 3.8) is 0 Å². The summed E-state index contributed by atoms with van der Waals surface area (Å²) < 4.78 is 0. The highest BCUT2D eigenvalue weighted by Crippen LogP contribution is 2.52. The zero-order chi connectivity index (χ0) is 39.5. The molecule has 1 aromatic heterocycles. The van der Waals surface area contributed by atoms with Gasteiger partial charge in [0.05, 0.1) is 11.4 Å². The van der Waals surface area contributed by atoms with Crippen molar-refractivity contribution in [2.45, 2.75) is 19.3 Å². The third kappa shape index (κ3) is 5.96. The molecule has 0 saturated carbocycles. The van der Waals surface area contributed by atoms with Crippen LogP contribution < -0.4 is 0 Å². The molecule has 1 aliphatic carbocycles. The normalized spacial score (nSPS) is 12.7. The Bertz CT molecular complexity index is 3160. The summed E-state index contributed by atoms with van der Waals surface area (Å²) in [6.45, 7) is 4.76. The first-order valence-corrected chi connectivity index (χ1v) is 20.4. The first kappa shape index (κ1) is 34.8. The van der Waals surface area contributed by atoms with Gasteiger partial charge in [-0.15, -0.1) is 0 Å². The zero-order valence-corrected chi connectivity index (χ0v) is 33.0. The predicted octanol–water partition coefficient (Wildman–Crippen LogP) is 15.1. The Balaban J connectivity index is 1.08. The molecule has 278 valence electrons. The maximum absolute atomic E-state index is 5.32. The van der Waals surface area contributed by atoms with Gasteiger partial charge >= 0.3 is 0 Å². The van der Waals surface area contributed by atoms with Gasteiger partial charge in [-0.25, -0.2) is 9.97 Å². The summed E-state index contributed by atoms with van der Waals surface area (Å²) in [5.74, 6) is 0.700. The molecule has 1 heterocycles. The number of aromatic nitrogens is 2. The summed E-state index contributed by atoms with van der Waals surface area (Å²) in [5, 5.41) is 4.98. The number of hydrogen-bond donors (Lipinski definition) is 0. The molecule has 0 spiro atoms. The van der Waals surface area contributed by atoms with Crippen LogP contribution in [-0.2, 0) is 5.41 Å². The highest BCUT2D eigenvalue weighted by Gasteiger charge is 2.37. The molecule has 2 nitrogen and oxygen atoms in total. The lowest BCUT2D eigenvalue weighted by molar-refractivity contribution is 0.666. The molecule has 11 rings (SSSR count). The van der Waals surface area contributed by atoms with Crippen LogP contribution in [0.4, 0.5) is 0 Å². The van der Waals surface area contributed by atoms with Gasteiger partial charge in [0, 0.05) is 22.1 Å². The molecule has 0 unspecified atom stereocenters. The van der Waals surface area contributed by atoms with Gasteiger partial charge in [0.15, 0.2) is 5.82 Å². The van der Waals surface area contributed by atoms with Crippen molar-refractivity contribution >= 4 is 21.5 Å². The summed E-state index contributed by atoms with van der Waals surface area (Å²) in [5.41, 5.74) is 17.2. The van der Waals surface area contributed by atoms with Crippen LogP contribution in [0.15, 0.2) is 206 Å². The summed E-state index contributed by atoms with van der Waals surface area (Å²) in [6, 6.07) is 74.3. The number of fused-ring (bicyclic) bond motifs is 6. The molecule has 0 N–H and O–H groups in total. The topological polar surface area (TPSA) is 25.8 Å². The van der Waals surface area contributed by atoms with Crippen LogP contribution in [0.2, 0.25) is 0 Å². The third-order valence-corrected chi connectivity index (χ3v) is 12.2. The summed E-state index contributed by atoms with van der Waals surface area (Å²) in [4.78, 5) is 10.6. The van der Waals surface area contributed by atoms with Crippen molar-refractivity contribution < 1.29 is 0 Å². The van der Waals surface area contributed by atoms with Crippen LogP contribution in [0.5, 0.6) is 0 Å². The number of hydrogen-bond acceptors (Lipinski definition) is 2. The van der Waals surface area contributed by atoms with Gasteiger partial charge in [0.2, 0.25) is 0 Å². The molecule has 0 amide bonds. The minimum absolute atomic E-state index is 0.138. The lowest BCUT2D eigenvalue weighted by atomic mass is 9.79. The average molecular weight is 753 g/mol. The summed E-state index contributed by atoms with van der Waals surface area (Å²) in [7, 11) is 0. The minimum Gasteiger partial charge on any atom is -0.228 e. The van der Waals surface area contributed by atoms with E-state index in [1.165, 1.54) is 49.5 Å². The fourth-order valence-electron chi connectivity index (χ4n) is 9.36. The second-order valence-electron chi connectivity index (χ2n) is 16.2. The SMILES string of the molecule is CC1(C)c2cc(-c3ccc(-c4cc(-c5cc(-c6ccccc6)cc(-c6ccccc6)c5)nc(-c5ccccc5)n4)c4ccccc34)ccc2-c2ccc3ccccc3c21. The van der Waals surface area contributed by atoms with Gasteiger partial charge in [-0.1, -0.05) is 190 Å². The molecular weight excluding hydrogens is 713 g/mol. The monoisotopic (exact) mass is 752 g/mol. The Labute approximate surface area is 345 Å². The van der Waals surface area contributed by atoms with Crippen LogP contribution in [-0.4, -0.2) is 9.97 Å². The van der Waals surface area contributed by atoms with E-state index in [1.54, 1.807) is 0 Å². The van der Waals surface area contributed by atoms with E-state index in [0.717, 1.165) is 55.7 Å². The van der Waals surface area contributed by atoms with Crippen molar-refractivity contribution in [1.29, 1.82) is 0 Å². The van der Waals surface area contributed by atoms with Gasteiger partial charge in [-0.3, -0.25) is 0 Å². The number of benzene rings is 9. The molecule has 10 aromatic rings. The fourth-order valence-corrected chi connectivity index (χ4v) is 9.36. The first-order chi connectivity index (χ1) is 29.0. The quantitative estimate of drug-likeness (QED) is 0.169. The van der Waals surface area contributed by atoms with Crippen LogP contribution in [0.25, 0.3) is 100.0 Å². The third-order valence-electron chi connectivity index (χ3n) is 12.2. The average Bonchev–Trinajstić information content (AvgIpc) is 3.54. The predicted molar refractivity (Wildman–Crippen MR) is 247 cm³/mol. The molecule has 9 aromatic carbocycles. The van der Waals surface area contributed by atoms with Crippen LogP contribution >= 0.6 is 0 Å². The van der Waals surface area contributed by atoms with E-state index in [2.05, 4.69) is 214 Å². The van der Waals surface area contributed by atoms with Gasteiger partial charge in [0.1, 0.15) is 0 Å². The summed E-state index contributed by atoms with van der Waals surface area (Å²) >= 11 is 0. The Hall–Kier alpha value is -7.42. The Morgan fingerprint density at radius 3 is 1.51 bits per heavy atom. The summed E-state index contributed by atoms with van der Waals surface area (Å²) in [6.07, 6.45) is 0. The van der Waals surface area contributed by atoms with E-state index in [4.69, 9.17) is 9.97 Å². The number of nitrogens with zero attached hydrogens (tertiary/aromatic N) is 2. The van der Waals surface area contributed by atoms with E-state index in [1.807, 2.05) is 6.07 Å². The smallest absolute Gasteiger partial charge is 0.160 e. The highest BCUT2D eigenvalue weighted by atomic mass is 14.9. The molecule has 59 heavy (non-hydrogen) atoms. The Kier molecular flexibility index (Phi) is 8.20. The van der Waals surface area contributed by atoms with Gasteiger partial charge in [-0.2, -0.15) is 0 Å². The van der Waals surface area contributed by atoms with Crippen molar-refractivity contribution in [3.05, 3.63) is 217 Å². The lowest BCUT2D eigenvalue weighted by Crippen LogP contribution is -2.15. The van der Waals surface area contributed by atoms with Crippen LogP contribution in [0.3, 0.4) is 0 Å². The second-order valence-corrected chi connectivity index (χ2v) is 16.2. The molecule has 2 heteroatoms. The fraction of sp³-hybridized carbons (Fsp3) is 0.0526. The maximum atomic E-state index is 5.32. The van der Waals surface area contributed by atoms with Crippen molar-refractivity contribution in [2.24, 2.45) is 0 Å².